The van der Waals surface area contributed by atoms with Gasteiger partial charge in [-0.2, -0.15) is 0 Å². The second-order valence-corrected chi connectivity index (χ2v) is 5.88. The second-order valence-electron chi connectivity index (χ2n) is 4.94. The maximum absolute atomic E-state index is 4.28. The molecule has 1 aliphatic heterocycles. The van der Waals surface area contributed by atoms with Gasteiger partial charge < -0.3 is 10.6 Å². The van der Waals surface area contributed by atoms with Crippen LogP contribution in [0.15, 0.2) is 23.7 Å². The summed E-state index contributed by atoms with van der Waals surface area (Å²) in [4.78, 5) is 5.62. The van der Waals surface area contributed by atoms with E-state index in [1.807, 2.05) is 5.51 Å². The SMILES string of the molecule is Cc1ncsc1CNCc1cccc2c1CCCN2. The van der Waals surface area contributed by atoms with Gasteiger partial charge in [-0.05, 0) is 37.0 Å². The average molecular weight is 273 g/mol. The lowest BCUT2D eigenvalue weighted by Crippen LogP contribution is -2.18. The van der Waals surface area contributed by atoms with Gasteiger partial charge in [0.05, 0.1) is 11.2 Å². The molecule has 4 heteroatoms. The van der Waals surface area contributed by atoms with Crippen molar-refractivity contribution in [3.05, 3.63) is 45.4 Å². The Bertz CT molecular complexity index is 562. The Balaban J connectivity index is 1.66. The van der Waals surface area contributed by atoms with E-state index in [1.54, 1.807) is 11.3 Å². The molecule has 3 rings (SSSR count). The lowest BCUT2D eigenvalue weighted by atomic mass is 9.97. The Labute approximate surface area is 118 Å². The molecule has 0 saturated heterocycles. The van der Waals surface area contributed by atoms with Crippen molar-refractivity contribution in [3.8, 4) is 0 Å². The van der Waals surface area contributed by atoms with Crippen LogP contribution in [-0.2, 0) is 19.5 Å². The predicted octanol–water partition coefficient (Wildman–Crippen LogP) is 3.10. The Morgan fingerprint density at radius 3 is 3.16 bits per heavy atom. The van der Waals surface area contributed by atoms with E-state index in [0.29, 0.717) is 0 Å². The summed E-state index contributed by atoms with van der Waals surface area (Å²) in [5.74, 6) is 0. The number of aryl methyl sites for hydroxylation is 1. The first kappa shape index (κ1) is 12.6. The highest BCUT2D eigenvalue weighted by atomic mass is 32.1. The van der Waals surface area contributed by atoms with E-state index in [2.05, 4.69) is 40.7 Å². The zero-order chi connectivity index (χ0) is 13.1. The van der Waals surface area contributed by atoms with Crippen LogP contribution in [0.1, 0.15) is 28.1 Å². The van der Waals surface area contributed by atoms with Crippen LogP contribution in [0.25, 0.3) is 0 Å². The number of fused-ring (bicyclic) bond motifs is 1. The summed E-state index contributed by atoms with van der Waals surface area (Å²) in [6, 6.07) is 6.57. The van der Waals surface area contributed by atoms with Gasteiger partial charge in [-0.15, -0.1) is 11.3 Å². The van der Waals surface area contributed by atoms with Crippen molar-refractivity contribution in [2.24, 2.45) is 0 Å². The fraction of sp³-hybridized carbons (Fsp3) is 0.400. The topological polar surface area (TPSA) is 37.0 Å². The first-order chi connectivity index (χ1) is 9.34. The second kappa shape index (κ2) is 5.72. The van der Waals surface area contributed by atoms with Crippen molar-refractivity contribution in [2.45, 2.75) is 32.9 Å². The molecule has 19 heavy (non-hydrogen) atoms. The Morgan fingerprint density at radius 1 is 1.37 bits per heavy atom. The Morgan fingerprint density at radius 2 is 2.32 bits per heavy atom. The number of thiazole rings is 1. The van der Waals surface area contributed by atoms with E-state index < -0.39 is 0 Å². The lowest BCUT2D eigenvalue weighted by Gasteiger charge is -2.21. The zero-order valence-electron chi connectivity index (χ0n) is 11.2. The third kappa shape index (κ3) is 2.80. The first-order valence-corrected chi connectivity index (χ1v) is 7.67. The molecule has 0 radical (unpaired) electrons. The molecule has 0 fully saturated rings. The summed E-state index contributed by atoms with van der Waals surface area (Å²) in [6.07, 6.45) is 2.43. The van der Waals surface area contributed by atoms with Crippen molar-refractivity contribution in [2.75, 3.05) is 11.9 Å². The highest BCUT2D eigenvalue weighted by molar-refractivity contribution is 7.09. The fourth-order valence-electron chi connectivity index (χ4n) is 2.56. The maximum atomic E-state index is 4.28. The molecule has 3 nitrogen and oxygen atoms in total. The van der Waals surface area contributed by atoms with Gasteiger partial charge in [-0.1, -0.05) is 12.1 Å². The van der Waals surface area contributed by atoms with Gasteiger partial charge in [0.25, 0.3) is 0 Å². The summed E-state index contributed by atoms with van der Waals surface area (Å²) < 4.78 is 0. The van der Waals surface area contributed by atoms with Crippen molar-refractivity contribution in [1.82, 2.24) is 10.3 Å². The van der Waals surface area contributed by atoms with Gasteiger partial charge in [0.1, 0.15) is 0 Å². The van der Waals surface area contributed by atoms with Gasteiger partial charge in [0.15, 0.2) is 0 Å². The number of benzene rings is 1. The summed E-state index contributed by atoms with van der Waals surface area (Å²) in [5.41, 5.74) is 7.30. The highest BCUT2D eigenvalue weighted by Crippen LogP contribution is 2.25. The quantitative estimate of drug-likeness (QED) is 0.899. The number of hydrogen-bond donors (Lipinski definition) is 2. The molecule has 100 valence electrons. The zero-order valence-corrected chi connectivity index (χ0v) is 12.0. The van der Waals surface area contributed by atoms with Crippen LogP contribution >= 0.6 is 11.3 Å². The molecule has 2 aromatic rings. The molecule has 0 saturated carbocycles. The van der Waals surface area contributed by atoms with Gasteiger partial charge in [0, 0.05) is 30.2 Å². The number of nitrogens with one attached hydrogen (secondary N) is 2. The minimum absolute atomic E-state index is 0.910. The van der Waals surface area contributed by atoms with E-state index >= 15 is 0 Å². The average Bonchev–Trinajstić information content (AvgIpc) is 2.85. The van der Waals surface area contributed by atoms with Crippen LogP contribution in [0.2, 0.25) is 0 Å². The van der Waals surface area contributed by atoms with Crippen molar-refractivity contribution < 1.29 is 0 Å². The molecule has 2 heterocycles. The summed E-state index contributed by atoms with van der Waals surface area (Å²) >= 11 is 1.73. The van der Waals surface area contributed by atoms with Gasteiger partial charge in [-0.3, -0.25) is 0 Å². The molecule has 1 aromatic heterocycles. The molecule has 0 bridgehead atoms. The fourth-order valence-corrected chi connectivity index (χ4v) is 3.30. The minimum atomic E-state index is 0.910. The number of rotatable bonds is 4. The third-order valence-corrected chi connectivity index (χ3v) is 4.57. The van der Waals surface area contributed by atoms with Crippen LogP contribution in [0.5, 0.6) is 0 Å². The predicted molar refractivity (Wildman–Crippen MR) is 80.6 cm³/mol. The Kier molecular flexibility index (Phi) is 3.80. The molecule has 0 atom stereocenters. The largest absolute Gasteiger partial charge is 0.385 e. The van der Waals surface area contributed by atoms with E-state index in [9.17, 15) is 0 Å². The van der Waals surface area contributed by atoms with Crippen LogP contribution in [0.4, 0.5) is 5.69 Å². The maximum Gasteiger partial charge on any atom is 0.0798 e. The first-order valence-electron chi connectivity index (χ1n) is 6.79. The standard InChI is InChI=1S/C15H19N3S/c1-11-15(19-10-18-11)9-16-8-12-4-2-6-14-13(12)5-3-7-17-14/h2,4,6,10,16-17H,3,5,7-9H2,1H3. The molecule has 0 aliphatic carbocycles. The van der Waals surface area contributed by atoms with Crippen LogP contribution in [0.3, 0.4) is 0 Å². The molecular weight excluding hydrogens is 254 g/mol. The van der Waals surface area contributed by atoms with E-state index in [4.69, 9.17) is 0 Å². The molecule has 2 N–H and O–H groups in total. The highest BCUT2D eigenvalue weighted by Gasteiger charge is 2.12. The molecule has 1 aliphatic rings. The summed E-state index contributed by atoms with van der Waals surface area (Å²) in [6.45, 7) is 5.02. The number of hydrogen-bond acceptors (Lipinski definition) is 4. The van der Waals surface area contributed by atoms with E-state index in [-0.39, 0.29) is 0 Å². The third-order valence-electron chi connectivity index (χ3n) is 3.64. The Hall–Kier alpha value is -1.39. The minimum Gasteiger partial charge on any atom is -0.385 e. The van der Waals surface area contributed by atoms with Crippen LogP contribution < -0.4 is 10.6 Å². The number of nitrogens with zero attached hydrogens (tertiary/aromatic N) is 1. The summed E-state index contributed by atoms with van der Waals surface area (Å²) in [7, 11) is 0. The van der Waals surface area contributed by atoms with Gasteiger partial charge in [-0.25, -0.2) is 4.98 Å². The van der Waals surface area contributed by atoms with Crippen molar-refractivity contribution in [3.63, 3.8) is 0 Å². The van der Waals surface area contributed by atoms with Gasteiger partial charge >= 0.3 is 0 Å². The summed E-state index contributed by atoms with van der Waals surface area (Å²) in [5, 5.41) is 7.02. The lowest BCUT2D eigenvalue weighted by molar-refractivity contribution is 0.686. The molecule has 1 aromatic carbocycles. The number of aromatic nitrogens is 1. The number of anilines is 1. The molecule has 0 unspecified atom stereocenters. The van der Waals surface area contributed by atoms with E-state index in [0.717, 1.165) is 25.3 Å². The van der Waals surface area contributed by atoms with Crippen molar-refractivity contribution in [1.29, 1.82) is 0 Å². The van der Waals surface area contributed by atoms with E-state index in [1.165, 1.54) is 34.5 Å². The molecular formula is C15H19N3S. The molecule has 0 spiro atoms. The van der Waals surface area contributed by atoms with Crippen LogP contribution in [-0.4, -0.2) is 11.5 Å². The van der Waals surface area contributed by atoms with Crippen molar-refractivity contribution >= 4 is 17.0 Å². The molecule has 0 amide bonds. The van der Waals surface area contributed by atoms with Crippen LogP contribution in [0, 0.1) is 6.92 Å². The smallest absolute Gasteiger partial charge is 0.0798 e. The monoisotopic (exact) mass is 273 g/mol. The normalized spacial score (nSPS) is 13.9. The van der Waals surface area contributed by atoms with Gasteiger partial charge in [0.2, 0.25) is 0 Å².